The van der Waals surface area contributed by atoms with Crippen LogP contribution in [0.3, 0.4) is 0 Å². The summed E-state index contributed by atoms with van der Waals surface area (Å²) in [6.45, 7) is 4.10. The smallest absolute Gasteiger partial charge is 0.187 e. The number of benzene rings is 2. The first-order valence-corrected chi connectivity index (χ1v) is 8.75. The van der Waals surface area contributed by atoms with E-state index in [9.17, 15) is 0 Å². The van der Waals surface area contributed by atoms with Crippen molar-refractivity contribution < 1.29 is 4.74 Å². The van der Waals surface area contributed by atoms with Gasteiger partial charge in [0.05, 0.1) is 12.8 Å². The topological polar surface area (TPSA) is 51.2 Å². The summed E-state index contributed by atoms with van der Waals surface area (Å²) in [5.41, 5.74) is 5.73. The predicted molar refractivity (Wildman–Crippen MR) is 107 cm³/mol. The highest BCUT2D eigenvalue weighted by Crippen LogP contribution is 2.33. The zero-order chi connectivity index (χ0) is 18.8. The van der Waals surface area contributed by atoms with E-state index in [1.165, 1.54) is 5.56 Å². The molecule has 2 heterocycles. The van der Waals surface area contributed by atoms with Gasteiger partial charge in [-0.05, 0) is 61.9 Å². The molecule has 0 N–H and O–H groups in total. The van der Waals surface area contributed by atoms with Crippen LogP contribution >= 0.6 is 0 Å². The second kappa shape index (κ2) is 7.03. The lowest BCUT2D eigenvalue weighted by Gasteiger charge is -2.02. The van der Waals surface area contributed by atoms with Gasteiger partial charge in [0.15, 0.2) is 5.82 Å². The van der Waals surface area contributed by atoms with Crippen LogP contribution in [0.25, 0.3) is 16.9 Å². The average Bonchev–Trinajstić information content (AvgIpc) is 3.05. The third-order valence-corrected chi connectivity index (χ3v) is 4.40. The summed E-state index contributed by atoms with van der Waals surface area (Å²) in [6.07, 6.45) is 2.03. The third kappa shape index (κ3) is 3.44. The van der Waals surface area contributed by atoms with Gasteiger partial charge in [-0.1, -0.05) is 23.8 Å². The second-order valence-electron chi connectivity index (χ2n) is 6.48. The molecule has 27 heavy (non-hydrogen) atoms. The van der Waals surface area contributed by atoms with E-state index >= 15 is 0 Å². The molecule has 0 aliphatic carbocycles. The lowest BCUT2D eigenvalue weighted by molar-refractivity contribution is 0.415. The minimum absolute atomic E-state index is 0.708. The fraction of sp³-hybridized carbons (Fsp3) is 0.136. The Morgan fingerprint density at radius 2 is 1.52 bits per heavy atom. The van der Waals surface area contributed by atoms with Crippen LogP contribution < -0.4 is 4.74 Å². The summed E-state index contributed by atoms with van der Waals surface area (Å²) in [6, 6.07) is 19.8. The number of azo groups is 1. The lowest BCUT2D eigenvalue weighted by atomic mass is 10.1. The van der Waals surface area contributed by atoms with Gasteiger partial charge < -0.3 is 4.74 Å². The molecule has 134 valence electrons. The van der Waals surface area contributed by atoms with Gasteiger partial charge in [-0.15, -0.1) is 10.2 Å². The first kappa shape index (κ1) is 17.0. The number of fused-ring (bicyclic) bond motifs is 1. The van der Waals surface area contributed by atoms with Crippen molar-refractivity contribution in [3.05, 3.63) is 78.0 Å². The van der Waals surface area contributed by atoms with Crippen molar-refractivity contribution in [2.75, 3.05) is 7.11 Å². The number of aromatic nitrogens is 2. The zero-order valence-corrected chi connectivity index (χ0v) is 15.5. The molecule has 5 heteroatoms. The molecule has 0 atom stereocenters. The zero-order valence-electron chi connectivity index (χ0n) is 15.5. The van der Waals surface area contributed by atoms with Crippen molar-refractivity contribution in [2.24, 2.45) is 10.2 Å². The Bertz CT molecular complexity index is 1110. The van der Waals surface area contributed by atoms with Crippen LogP contribution in [0.4, 0.5) is 11.5 Å². The van der Waals surface area contributed by atoms with Crippen LogP contribution in [-0.2, 0) is 0 Å². The summed E-state index contributed by atoms with van der Waals surface area (Å²) in [5, 5.41) is 8.98. The average molecular weight is 356 g/mol. The highest BCUT2D eigenvalue weighted by atomic mass is 16.5. The number of methoxy groups -OCH3 is 1. The SMILES string of the molecule is COc1ccc(-c2nc3ccc(C)cn3c2N=Nc2ccc(C)cc2)cc1. The number of hydrogen-bond donors (Lipinski definition) is 0. The summed E-state index contributed by atoms with van der Waals surface area (Å²) >= 11 is 0. The number of hydrogen-bond acceptors (Lipinski definition) is 4. The van der Waals surface area contributed by atoms with E-state index in [-0.39, 0.29) is 0 Å². The standard InChI is InChI=1S/C22H20N4O/c1-15-4-9-18(10-5-15)24-25-22-21(17-7-11-19(27-3)12-8-17)23-20-13-6-16(2)14-26(20)22/h4-14H,1-3H3. The fourth-order valence-corrected chi connectivity index (χ4v) is 2.89. The maximum atomic E-state index is 5.26. The molecule has 2 aromatic heterocycles. The second-order valence-corrected chi connectivity index (χ2v) is 6.48. The van der Waals surface area contributed by atoms with E-state index in [4.69, 9.17) is 9.72 Å². The van der Waals surface area contributed by atoms with Gasteiger partial charge in [-0.3, -0.25) is 4.40 Å². The summed E-state index contributed by atoms with van der Waals surface area (Å²) in [7, 11) is 1.66. The van der Waals surface area contributed by atoms with Crippen LogP contribution in [0.2, 0.25) is 0 Å². The Balaban J connectivity index is 1.84. The van der Waals surface area contributed by atoms with E-state index in [2.05, 4.69) is 17.2 Å². The number of aryl methyl sites for hydroxylation is 2. The predicted octanol–water partition coefficient (Wildman–Crippen LogP) is 6.04. The molecule has 0 bridgehead atoms. The first-order chi connectivity index (χ1) is 13.1. The minimum atomic E-state index is 0.708. The largest absolute Gasteiger partial charge is 0.497 e. The third-order valence-electron chi connectivity index (χ3n) is 4.40. The molecule has 0 spiro atoms. The molecular weight excluding hydrogens is 336 g/mol. The van der Waals surface area contributed by atoms with E-state index in [0.29, 0.717) is 5.82 Å². The van der Waals surface area contributed by atoms with Crippen LogP contribution in [0.5, 0.6) is 5.75 Å². The van der Waals surface area contributed by atoms with Crippen molar-refractivity contribution in [3.63, 3.8) is 0 Å². The van der Waals surface area contributed by atoms with Crippen LogP contribution in [0, 0.1) is 13.8 Å². The van der Waals surface area contributed by atoms with Crippen molar-refractivity contribution in [1.29, 1.82) is 0 Å². The van der Waals surface area contributed by atoms with Crippen molar-refractivity contribution in [3.8, 4) is 17.0 Å². The normalized spacial score (nSPS) is 11.4. The van der Waals surface area contributed by atoms with Gasteiger partial charge >= 0.3 is 0 Å². The van der Waals surface area contributed by atoms with Crippen LogP contribution in [0.15, 0.2) is 77.1 Å². The number of nitrogens with zero attached hydrogens (tertiary/aromatic N) is 4. The fourth-order valence-electron chi connectivity index (χ4n) is 2.89. The molecule has 0 saturated heterocycles. The van der Waals surface area contributed by atoms with Gasteiger partial charge in [0.1, 0.15) is 17.1 Å². The molecule has 5 nitrogen and oxygen atoms in total. The molecule has 0 amide bonds. The van der Waals surface area contributed by atoms with Crippen LogP contribution in [-0.4, -0.2) is 16.5 Å². The first-order valence-electron chi connectivity index (χ1n) is 8.75. The maximum absolute atomic E-state index is 5.26. The summed E-state index contributed by atoms with van der Waals surface area (Å²) in [4.78, 5) is 4.77. The summed E-state index contributed by atoms with van der Waals surface area (Å²) in [5.74, 6) is 1.51. The number of pyridine rings is 1. The van der Waals surface area contributed by atoms with E-state index < -0.39 is 0 Å². The van der Waals surface area contributed by atoms with Gasteiger partial charge in [-0.2, -0.15) is 0 Å². The number of rotatable bonds is 4. The maximum Gasteiger partial charge on any atom is 0.187 e. The van der Waals surface area contributed by atoms with Gasteiger partial charge in [0.2, 0.25) is 0 Å². The molecule has 0 aliphatic heterocycles. The molecule has 0 unspecified atom stereocenters. The van der Waals surface area contributed by atoms with Gasteiger partial charge in [0.25, 0.3) is 0 Å². The Labute approximate surface area is 158 Å². The van der Waals surface area contributed by atoms with Gasteiger partial charge in [-0.25, -0.2) is 4.98 Å². The Morgan fingerprint density at radius 1 is 0.815 bits per heavy atom. The molecule has 4 aromatic rings. The van der Waals surface area contributed by atoms with Crippen molar-refractivity contribution in [1.82, 2.24) is 9.38 Å². The Hall–Kier alpha value is -3.47. The van der Waals surface area contributed by atoms with Crippen LogP contribution in [0.1, 0.15) is 11.1 Å². The number of imidazole rings is 1. The molecule has 4 rings (SSSR count). The summed E-state index contributed by atoms with van der Waals surface area (Å²) < 4.78 is 7.24. The van der Waals surface area contributed by atoms with Crippen molar-refractivity contribution in [2.45, 2.75) is 13.8 Å². The molecular formula is C22H20N4O. The molecule has 0 aliphatic rings. The molecule has 2 aromatic carbocycles. The van der Waals surface area contributed by atoms with E-state index in [1.807, 2.05) is 78.2 Å². The highest BCUT2D eigenvalue weighted by Gasteiger charge is 2.14. The number of ether oxygens (including phenoxy) is 1. The Morgan fingerprint density at radius 3 is 2.22 bits per heavy atom. The van der Waals surface area contributed by atoms with E-state index in [0.717, 1.165) is 33.9 Å². The van der Waals surface area contributed by atoms with Crippen molar-refractivity contribution >= 4 is 17.2 Å². The highest BCUT2D eigenvalue weighted by molar-refractivity contribution is 5.75. The van der Waals surface area contributed by atoms with Gasteiger partial charge in [0, 0.05) is 11.8 Å². The lowest BCUT2D eigenvalue weighted by Crippen LogP contribution is -1.85. The molecule has 0 radical (unpaired) electrons. The molecule has 0 saturated carbocycles. The van der Waals surface area contributed by atoms with E-state index in [1.54, 1.807) is 7.11 Å². The minimum Gasteiger partial charge on any atom is -0.497 e. The molecule has 0 fully saturated rings. The Kier molecular flexibility index (Phi) is 4.42. The quantitative estimate of drug-likeness (QED) is 0.418. The monoisotopic (exact) mass is 356 g/mol.